The molecule has 0 unspecified atom stereocenters. The summed E-state index contributed by atoms with van der Waals surface area (Å²) in [6.07, 6.45) is -1.67. The van der Waals surface area contributed by atoms with Gasteiger partial charge in [-0.2, -0.15) is 10.4 Å². The Bertz CT molecular complexity index is 1170. The molecule has 11 nitrogen and oxygen atoms in total. The van der Waals surface area contributed by atoms with Crippen LogP contribution in [0.1, 0.15) is 34.1 Å². The topological polar surface area (TPSA) is 162 Å². The summed E-state index contributed by atoms with van der Waals surface area (Å²) in [4.78, 5) is 28.5. The second kappa shape index (κ2) is 7.18. The summed E-state index contributed by atoms with van der Waals surface area (Å²) in [5, 5.41) is 25.4. The third-order valence-corrected chi connectivity index (χ3v) is 5.72. The number of aliphatic hydroxyl groups excluding tert-OH is 1. The molecule has 0 radical (unpaired) electrons. The lowest BCUT2D eigenvalue weighted by Crippen LogP contribution is -2.43. The molecule has 3 fully saturated rings. The van der Waals surface area contributed by atoms with E-state index >= 15 is 0 Å². The monoisotopic (exact) mass is 429 g/mol. The van der Waals surface area contributed by atoms with Crippen LogP contribution in [-0.2, 0) is 29.4 Å². The molecule has 2 aliphatic carbocycles. The van der Waals surface area contributed by atoms with Crippen LogP contribution < -0.4 is 5.73 Å². The van der Waals surface area contributed by atoms with E-state index in [0.717, 1.165) is 6.33 Å². The van der Waals surface area contributed by atoms with Gasteiger partial charge in [0.2, 0.25) is 5.60 Å². The van der Waals surface area contributed by atoms with Crippen molar-refractivity contribution in [3.8, 4) is 6.07 Å². The van der Waals surface area contributed by atoms with Crippen LogP contribution in [0.2, 0.25) is 0 Å². The number of nitrogens with two attached hydrogens (primary N) is 1. The number of carbonyl (C=O) groups is 2. The standard InChI is InChI=1S/C20H21N5O6/c21-8-20(14-6-5-12-17(22)23-9-24-25(12)14)16(26)15(30-19(28)11-3-4-11)13(31-20)7-29-18(27)10-1-2-10/h5-6,9-11,13,15-16,26H,1-4,7H2,(H2,22,23,24)/t13-,15-,16-,20+/m1/s1/i7D2. The lowest BCUT2D eigenvalue weighted by atomic mass is 9.92. The Hall–Kier alpha value is -3.23. The summed E-state index contributed by atoms with van der Waals surface area (Å²) in [7, 11) is 0. The quantitative estimate of drug-likeness (QED) is 0.601. The fourth-order valence-electron chi connectivity index (χ4n) is 3.61. The smallest absolute Gasteiger partial charge is 0.309 e. The predicted molar refractivity (Wildman–Crippen MR) is 102 cm³/mol. The Labute approximate surface area is 179 Å². The molecule has 0 spiro atoms. The molecule has 11 heteroatoms. The SMILES string of the molecule is [2H]C([2H])(OC(=O)C1CC1)[C@H]1O[C@@](C#N)(c2ccc3c(N)ncnn23)[C@H](O)[C@@H]1OC(=O)C1CC1. The minimum atomic E-state index is -2.80. The molecule has 2 saturated carbocycles. The van der Waals surface area contributed by atoms with E-state index in [1.807, 2.05) is 6.07 Å². The minimum absolute atomic E-state index is 0.0286. The molecule has 31 heavy (non-hydrogen) atoms. The van der Waals surface area contributed by atoms with Gasteiger partial charge in [-0.15, -0.1) is 0 Å². The highest BCUT2D eigenvalue weighted by atomic mass is 16.6. The van der Waals surface area contributed by atoms with Crippen LogP contribution in [0.15, 0.2) is 18.5 Å². The van der Waals surface area contributed by atoms with E-state index in [4.69, 9.17) is 22.7 Å². The Morgan fingerprint density at radius 2 is 2.06 bits per heavy atom. The number of nitrogen functional groups attached to an aromatic ring is 1. The van der Waals surface area contributed by atoms with E-state index in [1.54, 1.807) is 0 Å². The number of rotatable bonds is 6. The highest BCUT2D eigenvalue weighted by Crippen LogP contribution is 2.43. The summed E-state index contributed by atoms with van der Waals surface area (Å²) in [6.45, 7) is -2.80. The van der Waals surface area contributed by atoms with Gasteiger partial charge in [0, 0.05) is 0 Å². The van der Waals surface area contributed by atoms with E-state index in [1.165, 1.54) is 16.6 Å². The fourth-order valence-corrected chi connectivity index (χ4v) is 3.61. The number of nitrogens with zero attached hydrogens (tertiary/aromatic N) is 4. The Morgan fingerprint density at radius 3 is 2.74 bits per heavy atom. The van der Waals surface area contributed by atoms with E-state index in [9.17, 15) is 20.0 Å². The third kappa shape index (κ3) is 3.28. The van der Waals surface area contributed by atoms with Crippen LogP contribution in [0, 0.1) is 23.2 Å². The summed E-state index contributed by atoms with van der Waals surface area (Å²) in [5.41, 5.74) is 4.02. The van der Waals surface area contributed by atoms with Crippen LogP contribution in [0.5, 0.6) is 0 Å². The fraction of sp³-hybridized carbons (Fsp3) is 0.550. The van der Waals surface area contributed by atoms with Gasteiger partial charge < -0.3 is 25.1 Å². The van der Waals surface area contributed by atoms with E-state index in [2.05, 4.69) is 10.1 Å². The molecule has 1 aliphatic heterocycles. The van der Waals surface area contributed by atoms with Crippen molar-refractivity contribution in [2.24, 2.45) is 11.8 Å². The number of aliphatic hydroxyl groups is 1. The van der Waals surface area contributed by atoms with Crippen molar-refractivity contribution >= 4 is 23.3 Å². The van der Waals surface area contributed by atoms with Gasteiger partial charge in [0.05, 0.1) is 20.3 Å². The predicted octanol–water partition coefficient (Wildman–Crippen LogP) is 0.0651. The molecule has 5 rings (SSSR count). The number of ether oxygens (including phenoxy) is 3. The van der Waals surface area contributed by atoms with Crippen molar-refractivity contribution in [3.63, 3.8) is 0 Å². The molecule has 162 valence electrons. The van der Waals surface area contributed by atoms with Gasteiger partial charge in [-0.1, -0.05) is 0 Å². The lowest BCUT2D eigenvalue weighted by molar-refractivity contribution is -0.161. The zero-order chi connectivity index (χ0) is 23.5. The van der Waals surface area contributed by atoms with Crippen molar-refractivity contribution < 1.29 is 31.6 Å². The number of aromatic nitrogens is 3. The van der Waals surface area contributed by atoms with E-state index in [0.29, 0.717) is 31.2 Å². The first kappa shape index (κ1) is 17.5. The van der Waals surface area contributed by atoms with Crippen LogP contribution in [-0.4, -0.2) is 56.5 Å². The molecule has 0 amide bonds. The molecule has 3 aliphatic rings. The average Bonchev–Trinajstić information content (AvgIpc) is 3.69. The lowest BCUT2D eigenvalue weighted by Gasteiger charge is -2.24. The maximum absolute atomic E-state index is 12.4. The van der Waals surface area contributed by atoms with E-state index in [-0.39, 0.29) is 17.4 Å². The molecular formula is C20H21N5O6. The van der Waals surface area contributed by atoms with E-state index < -0.39 is 48.3 Å². The van der Waals surface area contributed by atoms with Gasteiger partial charge in [0.1, 0.15) is 36.7 Å². The zero-order valence-electron chi connectivity index (χ0n) is 18.3. The first-order valence-corrected chi connectivity index (χ1v) is 9.97. The van der Waals surface area contributed by atoms with Gasteiger partial charge >= 0.3 is 11.9 Å². The van der Waals surface area contributed by atoms with Gasteiger partial charge in [-0.05, 0) is 37.8 Å². The van der Waals surface area contributed by atoms with Crippen molar-refractivity contribution in [1.82, 2.24) is 14.6 Å². The number of hydrogen-bond donors (Lipinski definition) is 2. The van der Waals surface area contributed by atoms with Crippen molar-refractivity contribution in [1.29, 1.82) is 5.26 Å². The van der Waals surface area contributed by atoms with Crippen molar-refractivity contribution in [2.75, 3.05) is 12.3 Å². The maximum atomic E-state index is 12.4. The van der Waals surface area contributed by atoms with Crippen LogP contribution in [0.3, 0.4) is 0 Å². The van der Waals surface area contributed by atoms with Gasteiger partial charge in [-0.3, -0.25) is 9.59 Å². The normalized spacial score (nSPS) is 31.5. The summed E-state index contributed by atoms with van der Waals surface area (Å²) in [6, 6.07) is 4.83. The summed E-state index contributed by atoms with van der Waals surface area (Å²) >= 11 is 0. The Kier molecular flexibility index (Phi) is 4.04. The maximum Gasteiger partial charge on any atom is 0.309 e. The average molecular weight is 429 g/mol. The molecule has 4 atom stereocenters. The largest absolute Gasteiger partial charge is 0.463 e. The van der Waals surface area contributed by atoms with Crippen molar-refractivity contribution in [3.05, 3.63) is 24.2 Å². The van der Waals surface area contributed by atoms with Crippen molar-refractivity contribution in [2.45, 2.75) is 49.6 Å². The van der Waals surface area contributed by atoms with Crippen LogP contribution >= 0.6 is 0 Å². The molecule has 2 aromatic rings. The van der Waals surface area contributed by atoms with Crippen LogP contribution in [0.25, 0.3) is 5.52 Å². The second-order valence-electron chi connectivity index (χ2n) is 7.98. The molecule has 0 aromatic carbocycles. The number of hydrogen-bond acceptors (Lipinski definition) is 10. The number of esters is 2. The number of anilines is 1. The van der Waals surface area contributed by atoms with Gasteiger partial charge in [0.25, 0.3) is 0 Å². The first-order chi connectivity index (χ1) is 15.7. The third-order valence-electron chi connectivity index (χ3n) is 5.72. The van der Waals surface area contributed by atoms with Crippen LogP contribution in [0.4, 0.5) is 5.82 Å². The number of fused-ring (bicyclic) bond motifs is 1. The van der Waals surface area contributed by atoms with Gasteiger partial charge in [0.15, 0.2) is 11.9 Å². The molecule has 3 N–H and O–H groups in total. The highest BCUT2D eigenvalue weighted by Gasteiger charge is 2.60. The Morgan fingerprint density at radius 1 is 1.35 bits per heavy atom. The highest BCUT2D eigenvalue weighted by molar-refractivity contribution is 5.76. The molecule has 0 bridgehead atoms. The zero-order valence-corrected chi connectivity index (χ0v) is 16.3. The number of carbonyl (C=O) groups excluding carboxylic acids is 2. The second-order valence-corrected chi connectivity index (χ2v) is 7.98. The first-order valence-electron chi connectivity index (χ1n) is 11.0. The molecule has 3 heterocycles. The van der Waals surface area contributed by atoms with Gasteiger partial charge in [-0.25, -0.2) is 9.50 Å². The minimum Gasteiger partial charge on any atom is -0.463 e. The molecule has 2 aromatic heterocycles. The number of nitriles is 1. The molecular weight excluding hydrogens is 406 g/mol. The Balaban J connectivity index is 1.56. The molecule has 1 saturated heterocycles. The summed E-state index contributed by atoms with van der Waals surface area (Å²) in [5.74, 6) is -2.06. The summed E-state index contributed by atoms with van der Waals surface area (Å²) < 4.78 is 34.3.